The van der Waals surface area contributed by atoms with Crippen molar-refractivity contribution >= 4 is 34.3 Å². The van der Waals surface area contributed by atoms with Gasteiger partial charge in [-0.05, 0) is 54.4 Å². The number of benzene rings is 3. The van der Waals surface area contributed by atoms with E-state index in [0.29, 0.717) is 27.9 Å². The Morgan fingerprint density at radius 2 is 1.77 bits per heavy atom. The molecule has 0 aliphatic carbocycles. The second-order valence-corrected chi connectivity index (χ2v) is 6.97. The first-order valence-electron chi connectivity index (χ1n) is 9.54. The summed E-state index contributed by atoms with van der Waals surface area (Å²) in [4.78, 5) is 24.8. The summed E-state index contributed by atoms with van der Waals surface area (Å²) in [5, 5.41) is 12.5. The van der Waals surface area contributed by atoms with Gasteiger partial charge in [-0.1, -0.05) is 29.4 Å². The molecule has 1 aromatic heterocycles. The first-order valence-corrected chi connectivity index (χ1v) is 9.54. The van der Waals surface area contributed by atoms with Gasteiger partial charge in [0, 0.05) is 17.9 Å². The summed E-state index contributed by atoms with van der Waals surface area (Å²) in [6.07, 6.45) is 1.52. The zero-order chi connectivity index (χ0) is 21.8. The highest BCUT2D eigenvalue weighted by Crippen LogP contribution is 2.23. The lowest BCUT2D eigenvalue weighted by Crippen LogP contribution is -2.28. The zero-order valence-electron chi connectivity index (χ0n) is 16.6. The third kappa shape index (κ3) is 4.69. The number of nitrogens with zero attached hydrogens (tertiary/aromatic N) is 1. The van der Waals surface area contributed by atoms with Crippen molar-refractivity contribution in [2.45, 2.75) is 13.5 Å². The van der Waals surface area contributed by atoms with E-state index in [1.54, 1.807) is 36.4 Å². The summed E-state index contributed by atoms with van der Waals surface area (Å²) in [5.74, 6) is -0.722. The van der Waals surface area contributed by atoms with Gasteiger partial charge in [0.2, 0.25) is 0 Å². The number of carbonyl (C=O) groups is 2. The first kappa shape index (κ1) is 20.1. The van der Waals surface area contributed by atoms with Crippen molar-refractivity contribution in [2.24, 2.45) is 0 Å². The molecule has 0 fully saturated rings. The topological polar surface area (TPSA) is 96.3 Å². The number of amides is 3. The Morgan fingerprint density at radius 1 is 1.00 bits per heavy atom. The average Bonchev–Trinajstić information content (AvgIpc) is 3.24. The highest BCUT2D eigenvalue weighted by atomic mass is 19.1. The number of aryl methyl sites for hydroxylation is 1. The van der Waals surface area contributed by atoms with E-state index in [9.17, 15) is 14.0 Å². The van der Waals surface area contributed by atoms with Crippen LogP contribution < -0.4 is 16.0 Å². The normalized spacial score (nSPS) is 10.6. The number of urea groups is 1. The van der Waals surface area contributed by atoms with Crippen LogP contribution in [0.1, 0.15) is 21.5 Å². The predicted octanol–water partition coefficient (Wildman–Crippen LogP) is 4.85. The van der Waals surface area contributed by atoms with Gasteiger partial charge < -0.3 is 20.5 Å². The van der Waals surface area contributed by atoms with E-state index in [2.05, 4.69) is 21.1 Å². The maximum Gasteiger partial charge on any atom is 0.319 e. The molecule has 3 amide bonds. The van der Waals surface area contributed by atoms with Crippen LogP contribution in [0.15, 0.2) is 71.4 Å². The molecular weight excluding hydrogens is 399 g/mol. The number of nitrogens with one attached hydrogen (secondary N) is 3. The highest BCUT2D eigenvalue weighted by molar-refractivity contribution is 6.12. The average molecular weight is 418 g/mol. The fraction of sp³-hybridized carbons (Fsp3) is 0.0870. The van der Waals surface area contributed by atoms with E-state index in [1.165, 1.54) is 24.4 Å². The molecule has 0 aliphatic rings. The Kier molecular flexibility index (Phi) is 5.61. The smallest absolute Gasteiger partial charge is 0.319 e. The van der Waals surface area contributed by atoms with Gasteiger partial charge >= 0.3 is 6.03 Å². The number of hydrogen-bond donors (Lipinski definition) is 3. The van der Waals surface area contributed by atoms with Gasteiger partial charge in [0.1, 0.15) is 5.82 Å². The number of fused-ring (bicyclic) bond motifs is 1. The molecule has 156 valence electrons. The number of halogens is 1. The molecule has 0 bridgehead atoms. The summed E-state index contributed by atoms with van der Waals surface area (Å²) < 4.78 is 18.4. The van der Waals surface area contributed by atoms with E-state index in [-0.39, 0.29) is 12.5 Å². The van der Waals surface area contributed by atoms with E-state index >= 15 is 0 Å². The fourth-order valence-electron chi connectivity index (χ4n) is 3.17. The molecule has 3 N–H and O–H groups in total. The molecule has 31 heavy (non-hydrogen) atoms. The molecule has 8 heteroatoms. The fourth-order valence-corrected chi connectivity index (χ4v) is 3.17. The van der Waals surface area contributed by atoms with Gasteiger partial charge in [-0.25, -0.2) is 9.18 Å². The van der Waals surface area contributed by atoms with Crippen molar-refractivity contribution in [1.29, 1.82) is 0 Å². The highest BCUT2D eigenvalue weighted by Gasteiger charge is 2.14. The lowest BCUT2D eigenvalue weighted by atomic mass is 10.1. The molecule has 0 saturated carbocycles. The van der Waals surface area contributed by atoms with E-state index in [4.69, 9.17) is 4.52 Å². The molecule has 4 rings (SSSR count). The van der Waals surface area contributed by atoms with Crippen molar-refractivity contribution in [3.63, 3.8) is 0 Å². The van der Waals surface area contributed by atoms with Gasteiger partial charge in [-0.2, -0.15) is 0 Å². The molecule has 0 radical (unpaired) electrons. The van der Waals surface area contributed by atoms with Gasteiger partial charge in [-0.15, -0.1) is 0 Å². The van der Waals surface area contributed by atoms with Gasteiger partial charge in [-0.3, -0.25) is 4.79 Å². The van der Waals surface area contributed by atoms with Crippen molar-refractivity contribution in [3.8, 4) is 0 Å². The monoisotopic (exact) mass is 418 g/mol. The van der Waals surface area contributed by atoms with Crippen molar-refractivity contribution in [2.75, 3.05) is 10.6 Å². The van der Waals surface area contributed by atoms with Crippen LogP contribution in [0.5, 0.6) is 0 Å². The van der Waals surface area contributed by atoms with Crippen LogP contribution in [0, 0.1) is 12.7 Å². The minimum Gasteiger partial charge on any atom is -0.356 e. The van der Waals surface area contributed by atoms with Crippen LogP contribution in [0.25, 0.3) is 11.0 Å². The van der Waals surface area contributed by atoms with Gasteiger partial charge in [0.05, 0.1) is 17.1 Å². The summed E-state index contributed by atoms with van der Waals surface area (Å²) in [6, 6.07) is 15.8. The molecule has 4 aromatic rings. The van der Waals surface area contributed by atoms with E-state index < -0.39 is 11.8 Å². The number of carbonyl (C=O) groups excluding carboxylic acids is 2. The summed E-state index contributed by atoms with van der Waals surface area (Å²) >= 11 is 0. The Hall–Kier alpha value is -4.20. The maximum atomic E-state index is 13.2. The van der Waals surface area contributed by atoms with Crippen LogP contribution in [-0.4, -0.2) is 17.1 Å². The first-order chi connectivity index (χ1) is 15.0. The third-order valence-corrected chi connectivity index (χ3v) is 4.68. The standard InChI is InChI=1S/C23H19FN4O3/c1-14-8-9-19(20-13-26-31-21(14)20)22(29)27-17-6-2-4-15(10-17)12-25-23(30)28-18-7-3-5-16(24)11-18/h2-11,13H,12H2,1H3,(H,27,29)(H2,25,28,30). The third-order valence-electron chi connectivity index (χ3n) is 4.68. The quantitative estimate of drug-likeness (QED) is 0.432. The summed E-state index contributed by atoms with van der Waals surface area (Å²) in [5.41, 5.74) is 3.66. The van der Waals surface area contributed by atoms with Crippen molar-refractivity contribution < 1.29 is 18.5 Å². The second-order valence-electron chi connectivity index (χ2n) is 6.97. The SMILES string of the molecule is Cc1ccc(C(=O)Nc2cccc(CNC(=O)Nc3cccc(F)c3)c2)c2cnoc12. The molecule has 0 unspecified atom stereocenters. The molecule has 1 heterocycles. The number of hydrogen-bond acceptors (Lipinski definition) is 4. The lowest BCUT2D eigenvalue weighted by molar-refractivity contribution is 0.102. The Balaban J connectivity index is 1.40. The maximum absolute atomic E-state index is 13.2. The van der Waals surface area contributed by atoms with Crippen LogP contribution in [0.3, 0.4) is 0 Å². The molecule has 0 atom stereocenters. The minimum absolute atomic E-state index is 0.227. The molecule has 0 saturated heterocycles. The van der Waals surface area contributed by atoms with Gasteiger partial charge in [0.25, 0.3) is 5.91 Å². The van der Waals surface area contributed by atoms with Gasteiger partial charge in [0.15, 0.2) is 5.58 Å². The summed E-state index contributed by atoms with van der Waals surface area (Å²) in [7, 11) is 0. The van der Waals surface area contributed by atoms with Crippen LogP contribution >= 0.6 is 0 Å². The predicted molar refractivity (Wildman–Crippen MR) is 115 cm³/mol. The van der Waals surface area contributed by atoms with Crippen molar-refractivity contribution in [1.82, 2.24) is 10.5 Å². The van der Waals surface area contributed by atoms with E-state index in [0.717, 1.165) is 11.1 Å². The zero-order valence-corrected chi connectivity index (χ0v) is 16.6. The van der Waals surface area contributed by atoms with Crippen molar-refractivity contribution in [3.05, 3.63) is 89.4 Å². The molecule has 0 spiro atoms. The minimum atomic E-state index is -0.463. The Labute approximate surface area is 177 Å². The molecule has 0 aliphatic heterocycles. The number of aromatic nitrogens is 1. The molecule has 7 nitrogen and oxygen atoms in total. The second kappa shape index (κ2) is 8.66. The summed E-state index contributed by atoms with van der Waals surface area (Å²) in [6.45, 7) is 2.11. The Bertz CT molecular complexity index is 1270. The largest absolute Gasteiger partial charge is 0.356 e. The number of rotatable bonds is 5. The molecular formula is C23H19FN4O3. The Morgan fingerprint density at radius 3 is 2.58 bits per heavy atom. The van der Waals surface area contributed by atoms with Crippen LogP contribution in [0.4, 0.5) is 20.6 Å². The molecule has 3 aromatic carbocycles. The van der Waals surface area contributed by atoms with Crippen LogP contribution in [0.2, 0.25) is 0 Å². The van der Waals surface area contributed by atoms with Crippen LogP contribution in [-0.2, 0) is 6.54 Å². The van der Waals surface area contributed by atoms with E-state index in [1.807, 2.05) is 13.0 Å². The lowest BCUT2D eigenvalue weighted by Gasteiger charge is -2.10. The number of anilines is 2.